The summed E-state index contributed by atoms with van der Waals surface area (Å²) in [6.45, 7) is 2.53. The van der Waals surface area contributed by atoms with Gasteiger partial charge in [0.15, 0.2) is 0 Å². The van der Waals surface area contributed by atoms with Crippen LogP contribution < -0.4 is 5.56 Å². The van der Waals surface area contributed by atoms with Gasteiger partial charge in [-0.25, -0.2) is 4.98 Å². The third kappa shape index (κ3) is 2.79. The number of hydrogen-bond acceptors (Lipinski definition) is 4. The third-order valence-corrected chi connectivity index (χ3v) is 4.91. The minimum Gasteiger partial charge on any atom is -0.393 e. The number of hydrogen-bond donors (Lipinski definition) is 2. The van der Waals surface area contributed by atoms with E-state index in [0.29, 0.717) is 23.7 Å². The zero-order chi connectivity index (χ0) is 14.3. The van der Waals surface area contributed by atoms with Gasteiger partial charge >= 0.3 is 0 Å². The Morgan fingerprint density at radius 3 is 2.60 bits per heavy atom. The van der Waals surface area contributed by atoms with Crippen LogP contribution >= 0.6 is 0 Å². The molecule has 1 aromatic heterocycles. The molecule has 0 radical (unpaired) electrons. The molecular formula is C15H23N3O2. The molecule has 0 spiro atoms. The summed E-state index contributed by atoms with van der Waals surface area (Å²) < 4.78 is 0. The second-order valence-electron chi connectivity index (χ2n) is 6.51. The van der Waals surface area contributed by atoms with Gasteiger partial charge in [-0.05, 0) is 51.5 Å². The number of nitrogens with zero attached hydrogens (tertiary/aromatic N) is 2. The minimum atomic E-state index is -0.0766. The van der Waals surface area contributed by atoms with E-state index in [1.807, 2.05) is 6.92 Å². The number of aliphatic hydroxyl groups is 1. The molecule has 0 aromatic carbocycles. The standard InChI is InChI=1S/C15H23N3O2/c1-9-16-12(7-15(20)17-9)8-18(2)13-3-10-5-14(19)6-11(10)4-13/h7,10-11,13-14,19H,3-6,8H2,1-2H3,(H,16,17,20)/t10-,11+,13?,14?. The van der Waals surface area contributed by atoms with Crippen LogP contribution in [0.3, 0.4) is 0 Å². The summed E-state index contributed by atoms with van der Waals surface area (Å²) in [6, 6.07) is 2.14. The smallest absolute Gasteiger partial charge is 0.251 e. The largest absolute Gasteiger partial charge is 0.393 e. The molecule has 0 saturated heterocycles. The Labute approximate surface area is 119 Å². The molecule has 2 saturated carbocycles. The summed E-state index contributed by atoms with van der Waals surface area (Å²) in [5.41, 5.74) is 0.762. The maximum absolute atomic E-state index is 11.5. The van der Waals surface area contributed by atoms with Gasteiger partial charge in [-0.2, -0.15) is 0 Å². The van der Waals surface area contributed by atoms with Crippen molar-refractivity contribution in [3.63, 3.8) is 0 Å². The minimum absolute atomic E-state index is 0.0757. The van der Waals surface area contributed by atoms with Crippen molar-refractivity contribution < 1.29 is 5.11 Å². The van der Waals surface area contributed by atoms with Crippen LogP contribution in [0.15, 0.2) is 10.9 Å². The zero-order valence-electron chi connectivity index (χ0n) is 12.2. The highest BCUT2D eigenvalue weighted by Crippen LogP contribution is 2.45. The molecule has 2 unspecified atom stereocenters. The van der Waals surface area contributed by atoms with E-state index in [0.717, 1.165) is 25.1 Å². The van der Waals surface area contributed by atoms with Gasteiger partial charge in [0.25, 0.3) is 5.56 Å². The molecule has 4 atom stereocenters. The first-order chi connectivity index (χ1) is 9.51. The predicted molar refractivity (Wildman–Crippen MR) is 76.3 cm³/mol. The van der Waals surface area contributed by atoms with Crippen molar-refractivity contribution in [2.75, 3.05) is 7.05 Å². The first kappa shape index (κ1) is 13.8. The average molecular weight is 277 g/mol. The fourth-order valence-corrected chi connectivity index (χ4v) is 4.02. The summed E-state index contributed by atoms with van der Waals surface area (Å²) in [5.74, 6) is 2.05. The number of H-pyrrole nitrogens is 1. The normalized spacial score (nSPS) is 32.8. The second-order valence-corrected chi connectivity index (χ2v) is 6.51. The highest BCUT2D eigenvalue weighted by atomic mass is 16.3. The number of fused-ring (bicyclic) bond motifs is 1. The molecule has 1 heterocycles. The van der Waals surface area contributed by atoms with Gasteiger partial charge < -0.3 is 10.1 Å². The number of rotatable bonds is 3. The number of aliphatic hydroxyl groups excluding tert-OH is 1. The Bertz CT molecular complexity index is 528. The fraction of sp³-hybridized carbons (Fsp3) is 0.733. The highest BCUT2D eigenvalue weighted by molar-refractivity contribution is 5.03. The van der Waals surface area contributed by atoms with Crippen molar-refractivity contribution in [3.05, 3.63) is 27.9 Å². The molecule has 20 heavy (non-hydrogen) atoms. The average Bonchev–Trinajstić information content (AvgIpc) is 2.84. The van der Waals surface area contributed by atoms with Gasteiger partial charge in [0.05, 0.1) is 11.8 Å². The second kappa shape index (κ2) is 5.30. The monoisotopic (exact) mass is 277 g/mol. The molecule has 2 aliphatic carbocycles. The SMILES string of the molecule is Cc1nc(CN(C)C2C[C@H]3CC(O)C[C@H]3C2)cc(=O)[nH]1. The summed E-state index contributed by atoms with van der Waals surface area (Å²) in [4.78, 5) is 20.8. The van der Waals surface area contributed by atoms with Crippen molar-refractivity contribution in [3.8, 4) is 0 Å². The fourth-order valence-electron chi connectivity index (χ4n) is 4.02. The molecule has 2 N–H and O–H groups in total. The van der Waals surface area contributed by atoms with Gasteiger partial charge in [-0.15, -0.1) is 0 Å². The van der Waals surface area contributed by atoms with E-state index >= 15 is 0 Å². The molecular weight excluding hydrogens is 254 g/mol. The van der Waals surface area contributed by atoms with Crippen LogP contribution in [-0.2, 0) is 6.54 Å². The molecule has 5 heteroatoms. The molecule has 2 aliphatic rings. The number of aromatic amines is 1. The first-order valence-corrected chi connectivity index (χ1v) is 7.46. The van der Waals surface area contributed by atoms with E-state index < -0.39 is 0 Å². The van der Waals surface area contributed by atoms with Crippen LogP contribution in [-0.4, -0.2) is 39.2 Å². The van der Waals surface area contributed by atoms with E-state index in [1.165, 1.54) is 12.8 Å². The van der Waals surface area contributed by atoms with E-state index in [1.54, 1.807) is 6.07 Å². The first-order valence-electron chi connectivity index (χ1n) is 7.46. The Morgan fingerprint density at radius 1 is 1.35 bits per heavy atom. The lowest BCUT2D eigenvalue weighted by molar-refractivity contribution is 0.157. The summed E-state index contributed by atoms with van der Waals surface area (Å²) in [5, 5.41) is 9.69. The maximum Gasteiger partial charge on any atom is 0.251 e. The summed E-state index contributed by atoms with van der Waals surface area (Å²) in [6.07, 6.45) is 4.20. The molecule has 3 rings (SSSR count). The topological polar surface area (TPSA) is 69.2 Å². The van der Waals surface area contributed by atoms with E-state index in [4.69, 9.17) is 0 Å². The number of nitrogens with one attached hydrogen (secondary N) is 1. The van der Waals surface area contributed by atoms with Crippen LogP contribution in [0.2, 0.25) is 0 Å². The maximum atomic E-state index is 11.5. The lowest BCUT2D eigenvalue weighted by atomic mass is 10.0. The Balaban J connectivity index is 1.63. The van der Waals surface area contributed by atoms with Crippen molar-refractivity contribution in [2.45, 2.75) is 51.3 Å². The molecule has 110 valence electrons. The van der Waals surface area contributed by atoms with Crippen molar-refractivity contribution in [2.24, 2.45) is 11.8 Å². The third-order valence-electron chi connectivity index (χ3n) is 4.91. The number of aromatic nitrogens is 2. The molecule has 0 amide bonds. The molecule has 0 aliphatic heterocycles. The van der Waals surface area contributed by atoms with Crippen LogP contribution in [0.5, 0.6) is 0 Å². The summed E-state index contributed by atoms with van der Waals surface area (Å²) >= 11 is 0. The quantitative estimate of drug-likeness (QED) is 0.867. The highest BCUT2D eigenvalue weighted by Gasteiger charge is 2.42. The van der Waals surface area contributed by atoms with Crippen molar-refractivity contribution in [1.29, 1.82) is 0 Å². The van der Waals surface area contributed by atoms with Crippen molar-refractivity contribution in [1.82, 2.24) is 14.9 Å². The molecule has 5 nitrogen and oxygen atoms in total. The van der Waals surface area contributed by atoms with Crippen molar-refractivity contribution >= 4 is 0 Å². The van der Waals surface area contributed by atoms with Crippen LogP contribution in [0.4, 0.5) is 0 Å². The lowest BCUT2D eigenvalue weighted by Gasteiger charge is -2.25. The van der Waals surface area contributed by atoms with Gasteiger partial charge in [-0.3, -0.25) is 9.69 Å². The summed E-state index contributed by atoms with van der Waals surface area (Å²) in [7, 11) is 2.11. The van der Waals surface area contributed by atoms with Crippen LogP contribution in [0.25, 0.3) is 0 Å². The Morgan fingerprint density at radius 2 is 2.00 bits per heavy atom. The van der Waals surface area contributed by atoms with Crippen LogP contribution in [0, 0.1) is 18.8 Å². The van der Waals surface area contributed by atoms with E-state index in [2.05, 4.69) is 21.9 Å². The lowest BCUT2D eigenvalue weighted by Crippen LogP contribution is -2.31. The zero-order valence-corrected chi connectivity index (χ0v) is 12.2. The Kier molecular flexibility index (Phi) is 3.65. The molecule has 0 bridgehead atoms. The Hall–Kier alpha value is -1.20. The molecule has 2 fully saturated rings. The molecule has 1 aromatic rings. The van der Waals surface area contributed by atoms with E-state index in [9.17, 15) is 9.90 Å². The van der Waals surface area contributed by atoms with Gasteiger partial charge in [0, 0.05) is 18.7 Å². The van der Waals surface area contributed by atoms with Crippen LogP contribution in [0.1, 0.15) is 37.2 Å². The predicted octanol–water partition coefficient (Wildman–Crippen LogP) is 1.06. The van der Waals surface area contributed by atoms with Gasteiger partial charge in [-0.1, -0.05) is 0 Å². The van der Waals surface area contributed by atoms with E-state index in [-0.39, 0.29) is 11.7 Å². The number of aryl methyl sites for hydroxylation is 1. The van der Waals surface area contributed by atoms with Gasteiger partial charge in [0.2, 0.25) is 0 Å². The van der Waals surface area contributed by atoms with Gasteiger partial charge in [0.1, 0.15) is 5.82 Å².